The quantitative estimate of drug-likeness (QED) is 0.817. The molecule has 7 heteroatoms. The standard InChI is InChI=1S/C12H10N2O4S/c1-18-8-4-2-7(3-5-8)11-14-10(13-6-15)9(19-11)12(16)17/h2-6H,1H3,(H,13,15)(H,16,17). The number of amides is 1. The van der Waals surface area contributed by atoms with Crippen molar-refractivity contribution < 1.29 is 19.4 Å². The number of carbonyl (C=O) groups is 2. The van der Waals surface area contributed by atoms with E-state index in [9.17, 15) is 9.59 Å². The summed E-state index contributed by atoms with van der Waals surface area (Å²) in [4.78, 5) is 25.6. The second-order valence-corrected chi connectivity index (χ2v) is 4.49. The van der Waals surface area contributed by atoms with Crippen LogP contribution in [0, 0.1) is 0 Å². The van der Waals surface area contributed by atoms with Crippen LogP contribution in [-0.4, -0.2) is 29.6 Å². The van der Waals surface area contributed by atoms with E-state index in [1.54, 1.807) is 31.4 Å². The molecule has 0 unspecified atom stereocenters. The van der Waals surface area contributed by atoms with Crippen LogP contribution < -0.4 is 10.1 Å². The van der Waals surface area contributed by atoms with E-state index in [1.165, 1.54) is 0 Å². The van der Waals surface area contributed by atoms with Crippen molar-refractivity contribution in [3.8, 4) is 16.3 Å². The van der Waals surface area contributed by atoms with Crippen molar-refractivity contribution in [2.24, 2.45) is 0 Å². The number of anilines is 1. The van der Waals surface area contributed by atoms with Crippen LogP contribution in [0.2, 0.25) is 0 Å². The molecule has 1 aromatic heterocycles. The summed E-state index contributed by atoms with van der Waals surface area (Å²) < 4.78 is 5.04. The van der Waals surface area contributed by atoms with Crippen molar-refractivity contribution in [3.63, 3.8) is 0 Å². The number of methoxy groups -OCH3 is 1. The van der Waals surface area contributed by atoms with Crippen LogP contribution in [-0.2, 0) is 4.79 Å². The first kappa shape index (κ1) is 13.0. The average molecular weight is 278 g/mol. The van der Waals surface area contributed by atoms with Crippen LogP contribution in [0.25, 0.3) is 10.6 Å². The minimum Gasteiger partial charge on any atom is -0.497 e. The van der Waals surface area contributed by atoms with E-state index in [4.69, 9.17) is 9.84 Å². The number of rotatable bonds is 5. The number of hydrogen-bond donors (Lipinski definition) is 2. The molecule has 0 saturated heterocycles. The van der Waals surface area contributed by atoms with E-state index in [0.29, 0.717) is 17.2 Å². The van der Waals surface area contributed by atoms with Gasteiger partial charge in [-0.1, -0.05) is 0 Å². The summed E-state index contributed by atoms with van der Waals surface area (Å²) in [6.45, 7) is 0. The SMILES string of the molecule is COc1ccc(-c2nc(NC=O)c(C(=O)O)s2)cc1. The molecule has 6 nitrogen and oxygen atoms in total. The van der Waals surface area contributed by atoms with Gasteiger partial charge in [0.05, 0.1) is 7.11 Å². The second-order valence-electron chi connectivity index (χ2n) is 3.49. The highest BCUT2D eigenvalue weighted by Crippen LogP contribution is 2.31. The van der Waals surface area contributed by atoms with Gasteiger partial charge < -0.3 is 15.2 Å². The Hall–Kier alpha value is -2.41. The van der Waals surface area contributed by atoms with E-state index in [-0.39, 0.29) is 10.7 Å². The zero-order valence-corrected chi connectivity index (χ0v) is 10.7. The lowest BCUT2D eigenvalue weighted by atomic mass is 10.2. The Balaban J connectivity index is 2.41. The summed E-state index contributed by atoms with van der Waals surface area (Å²) in [5.41, 5.74) is 0.757. The maximum Gasteiger partial charge on any atom is 0.349 e. The smallest absolute Gasteiger partial charge is 0.349 e. The van der Waals surface area contributed by atoms with Gasteiger partial charge in [0, 0.05) is 5.56 Å². The molecule has 0 radical (unpaired) electrons. The normalized spacial score (nSPS) is 9.95. The summed E-state index contributed by atoms with van der Waals surface area (Å²) in [6, 6.07) is 7.05. The fraction of sp³-hybridized carbons (Fsp3) is 0.0833. The van der Waals surface area contributed by atoms with Crippen molar-refractivity contribution in [2.45, 2.75) is 0 Å². The lowest BCUT2D eigenvalue weighted by Gasteiger charge is -1.99. The zero-order chi connectivity index (χ0) is 13.8. The Labute approximate surface area is 112 Å². The van der Waals surface area contributed by atoms with Crippen LogP contribution in [0.3, 0.4) is 0 Å². The maximum absolute atomic E-state index is 11.0. The van der Waals surface area contributed by atoms with Crippen LogP contribution in [0.15, 0.2) is 24.3 Å². The Morgan fingerprint density at radius 2 is 2.11 bits per heavy atom. The molecular weight excluding hydrogens is 268 g/mol. The number of hydrogen-bond acceptors (Lipinski definition) is 5. The minimum absolute atomic E-state index is 0.00193. The molecule has 1 amide bonds. The molecule has 19 heavy (non-hydrogen) atoms. The van der Waals surface area contributed by atoms with Gasteiger partial charge in [-0.2, -0.15) is 0 Å². The summed E-state index contributed by atoms with van der Waals surface area (Å²) in [5, 5.41) is 11.8. The third kappa shape index (κ3) is 2.71. The van der Waals surface area contributed by atoms with Crippen LogP contribution in [0.5, 0.6) is 5.75 Å². The molecule has 0 bridgehead atoms. The predicted molar refractivity (Wildman–Crippen MR) is 70.7 cm³/mol. The number of carboxylic acid groups (broad SMARTS) is 1. The van der Waals surface area contributed by atoms with Crippen molar-refractivity contribution >= 4 is 29.5 Å². The number of benzene rings is 1. The number of nitrogens with one attached hydrogen (secondary N) is 1. The molecule has 1 aromatic carbocycles. The van der Waals surface area contributed by atoms with Crippen molar-refractivity contribution in [1.82, 2.24) is 4.98 Å². The lowest BCUT2D eigenvalue weighted by molar-refractivity contribution is -0.105. The first-order valence-corrected chi connectivity index (χ1v) is 6.06. The third-order valence-corrected chi connectivity index (χ3v) is 3.45. The van der Waals surface area contributed by atoms with Gasteiger partial charge in [-0.3, -0.25) is 4.79 Å². The van der Waals surface area contributed by atoms with E-state index >= 15 is 0 Å². The first-order valence-electron chi connectivity index (χ1n) is 5.24. The topological polar surface area (TPSA) is 88.5 Å². The lowest BCUT2D eigenvalue weighted by Crippen LogP contribution is -2.01. The van der Waals surface area contributed by atoms with Gasteiger partial charge in [0.15, 0.2) is 10.7 Å². The Morgan fingerprint density at radius 1 is 1.42 bits per heavy atom. The van der Waals surface area contributed by atoms with Gasteiger partial charge in [0.1, 0.15) is 10.8 Å². The Kier molecular flexibility index (Phi) is 3.76. The van der Waals surface area contributed by atoms with Gasteiger partial charge in [-0.05, 0) is 24.3 Å². The highest BCUT2D eigenvalue weighted by Gasteiger charge is 2.17. The number of carbonyl (C=O) groups excluding carboxylic acids is 1. The summed E-state index contributed by atoms with van der Waals surface area (Å²) in [5.74, 6) is -0.370. The average Bonchev–Trinajstić information content (AvgIpc) is 2.83. The highest BCUT2D eigenvalue weighted by atomic mass is 32.1. The number of aromatic nitrogens is 1. The van der Waals surface area contributed by atoms with Crippen molar-refractivity contribution in [2.75, 3.05) is 12.4 Å². The largest absolute Gasteiger partial charge is 0.497 e. The highest BCUT2D eigenvalue weighted by molar-refractivity contribution is 7.17. The Morgan fingerprint density at radius 3 is 2.63 bits per heavy atom. The number of ether oxygens (including phenoxy) is 1. The van der Waals surface area contributed by atoms with E-state index in [0.717, 1.165) is 16.9 Å². The fourth-order valence-electron chi connectivity index (χ4n) is 1.48. The van der Waals surface area contributed by atoms with E-state index < -0.39 is 5.97 Å². The molecular formula is C12H10N2O4S. The number of nitrogens with zero attached hydrogens (tertiary/aromatic N) is 1. The van der Waals surface area contributed by atoms with Gasteiger partial charge in [0.2, 0.25) is 6.41 Å². The molecule has 0 fully saturated rings. The summed E-state index contributed by atoms with van der Waals surface area (Å²) in [7, 11) is 1.56. The molecule has 2 aromatic rings. The molecule has 0 saturated carbocycles. The Bertz CT molecular complexity index is 607. The molecule has 0 aliphatic heterocycles. The summed E-state index contributed by atoms with van der Waals surface area (Å²) >= 11 is 1.00. The van der Waals surface area contributed by atoms with Crippen LogP contribution in [0.4, 0.5) is 5.82 Å². The first-order chi connectivity index (χ1) is 9.15. The number of carboxylic acids is 1. The number of thiazole rings is 1. The minimum atomic E-state index is -1.12. The zero-order valence-electron chi connectivity index (χ0n) is 9.91. The molecule has 0 aliphatic carbocycles. The van der Waals surface area contributed by atoms with Gasteiger partial charge in [-0.15, -0.1) is 11.3 Å². The second kappa shape index (κ2) is 5.49. The van der Waals surface area contributed by atoms with Gasteiger partial charge in [0.25, 0.3) is 0 Å². The van der Waals surface area contributed by atoms with Crippen molar-refractivity contribution in [3.05, 3.63) is 29.1 Å². The third-order valence-electron chi connectivity index (χ3n) is 2.35. The molecule has 0 atom stereocenters. The van der Waals surface area contributed by atoms with Crippen molar-refractivity contribution in [1.29, 1.82) is 0 Å². The fourth-order valence-corrected chi connectivity index (χ4v) is 2.35. The molecule has 0 aliphatic rings. The maximum atomic E-state index is 11.0. The number of aromatic carboxylic acids is 1. The van der Waals surface area contributed by atoms with Crippen LogP contribution in [0.1, 0.15) is 9.67 Å². The van der Waals surface area contributed by atoms with Gasteiger partial charge in [-0.25, -0.2) is 9.78 Å². The van der Waals surface area contributed by atoms with Gasteiger partial charge >= 0.3 is 5.97 Å². The molecule has 1 heterocycles. The molecule has 2 rings (SSSR count). The monoisotopic (exact) mass is 278 g/mol. The van der Waals surface area contributed by atoms with Crippen LogP contribution >= 0.6 is 11.3 Å². The molecule has 0 spiro atoms. The molecule has 98 valence electrons. The molecule has 2 N–H and O–H groups in total. The summed E-state index contributed by atoms with van der Waals surface area (Å²) in [6.07, 6.45) is 0.402. The van der Waals surface area contributed by atoms with E-state index in [1.807, 2.05) is 0 Å². The predicted octanol–water partition coefficient (Wildman–Crippen LogP) is 2.09. The van der Waals surface area contributed by atoms with E-state index in [2.05, 4.69) is 10.3 Å².